The summed E-state index contributed by atoms with van der Waals surface area (Å²) in [6, 6.07) is 3.34. The first-order chi connectivity index (χ1) is 8.34. The number of halogens is 2. The highest BCUT2D eigenvalue weighted by molar-refractivity contribution is 5.78. The third-order valence-electron chi connectivity index (χ3n) is 2.78. The van der Waals surface area contributed by atoms with Gasteiger partial charge in [0.25, 0.3) is 0 Å². The number of nitrogens with one attached hydrogen (secondary N) is 1. The number of hydrogen-bond acceptors (Lipinski definition) is 2. The molecule has 0 aliphatic rings. The fourth-order valence-corrected chi connectivity index (χ4v) is 1.31. The number of benzene rings is 1. The summed E-state index contributed by atoms with van der Waals surface area (Å²) in [5.74, 6) is -2.25. The van der Waals surface area contributed by atoms with Gasteiger partial charge in [-0.25, -0.2) is 8.78 Å². The number of carbonyl (C=O) groups excluding carboxylic acids is 1. The average molecular weight is 257 g/mol. The largest absolute Gasteiger partial charge is 0.388 e. The van der Waals surface area contributed by atoms with Crippen molar-refractivity contribution in [2.45, 2.75) is 32.3 Å². The highest BCUT2D eigenvalue weighted by Crippen LogP contribution is 2.10. The summed E-state index contributed by atoms with van der Waals surface area (Å²) in [5, 5.41) is 12.2. The van der Waals surface area contributed by atoms with Crippen molar-refractivity contribution in [1.29, 1.82) is 0 Å². The molecule has 1 atom stereocenters. The van der Waals surface area contributed by atoms with Crippen LogP contribution >= 0.6 is 0 Å². The Bertz CT molecular complexity index is 433. The van der Waals surface area contributed by atoms with Crippen LogP contribution in [0.2, 0.25) is 0 Å². The van der Waals surface area contributed by atoms with E-state index in [9.17, 15) is 18.7 Å². The zero-order valence-electron chi connectivity index (χ0n) is 10.5. The Morgan fingerprint density at radius 2 is 2.06 bits per heavy atom. The van der Waals surface area contributed by atoms with Gasteiger partial charge in [0.05, 0.1) is 12.0 Å². The van der Waals surface area contributed by atoms with Crippen molar-refractivity contribution in [3.63, 3.8) is 0 Å². The van der Waals surface area contributed by atoms with Gasteiger partial charge in [0, 0.05) is 6.54 Å². The lowest BCUT2D eigenvalue weighted by Gasteiger charge is -2.21. The van der Waals surface area contributed by atoms with E-state index in [1.54, 1.807) is 6.92 Å². The molecule has 0 aromatic heterocycles. The van der Waals surface area contributed by atoms with E-state index in [0.29, 0.717) is 12.0 Å². The van der Waals surface area contributed by atoms with Crippen molar-refractivity contribution in [2.75, 3.05) is 6.54 Å². The SMILES string of the molecule is CCC(C)(O)CNC(=O)Cc1ccc(F)c(F)c1. The summed E-state index contributed by atoms with van der Waals surface area (Å²) in [5.41, 5.74) is -0.563. The van der Waals surface area contributed by atoms with Gasteiger partial charge in [-0.05, 0) is 31.0 Å². The third-order valence-corrected chi connectivity index (χ3v) is 2.78. The minimum absolute atomic E-state index is 0.0446. The Labute approximate surface area is 105 Å². The molecule has 2 N–H and O–H groups in total. The molecule has 3 nitrogen and oxygen atoms in total. The molecule has 100 valence electrons. The highest BCUT2D eigenvalue weighted by Gasteiger charge is 2.18. The summed E-state index contributed by atoms with van der Waals surface area (Å²) < 4.78 is 25.6. The lowest BCUT2D eigenvalue weighted by atomic mass is 10.0. The van der Waals surface area contributed by atoms with Crippen LogP contribution in [0.4, 0.5) is 8.78 Å². The van der Waals surface area contributed by atoms with Crippen molar-refractivity contribution in [1.82, 2.24) is 5.32 Å². The van der Waals surface area contributed by atoms with Gasteiger partial charge >= 0.3 is 0 Å². The monoisotopic (exact) mass is 257 g/mol. The maximum Gasteiger partial charge on any atom is 0.224 e. The first-order valence-electron chi connectivity index (χ1n) is 5.77. The normalized spacial score (nSPS) is 14.1. The van der Waals surface area contributed by atoms with Crippen LogP contribution in [-0.2, 0) is 11.2 Å². The predicted octanol–water partition coefficient (Wildman–Crippen LogP) is 1.78. The maximum atomic E-state index is 12.9. The molecule has 1 aromatic rings. The Morgan fingerprint density at radius 3 is 2.61 bits per heavy atom. The standard InChI is InChI=1S/C13H17F2NO2/c1-3-13(2,18)8-16-12(17)7-9-4-5-10(14)11(15)6-9/h4-6,18H,3,7-8H2,1-2H3,(H,16,17). The minimum Gasteiger partial charge on any atom is -0.388 e. The van der Waals surface area contributed by atoms with Gasteiger partial charge in [-0.1, -0.05) is 13.0 Å². The first-order valence-corrected chi connectivity index (χ1v) is 5.77. The molecule has 0 bridgehead atoms. The van der Waals surface area contributed by atoms with E-state index in [4.69, 9.17) is 0 Å². The van der Waals surface area contributed by atoms with Crippen LogP contribution in [0, 0.1) is 11.6 Å². The number of carbonyl (C=O) groups is 1. The summed E-state index contributed by atoms with van der Waals surface area (Å²) in [6.45, 7) is 3.55. The van der Waals surface area contributed by atoms with Crippen molar-refractivity contribution >= 4 is 5.91 Å². The summed E-state index contributed by atoms with van der Waals surface area (Å²) >= 11 is 0. The van der Waals surface area contributed by atoms with Crippen LogP contribution in [0.5, 0.6) is 0 Å². The van der Waals surface area contributed by atoms with Gasteiger partial charge in [-0.2, -0.15) is 0 Å². The van der Waals surface area contributed by atoms with E-state index in [-0.39, 0.29) is 18.9 Å². The molecule has 0 spiro atoms. The van der Waals surface area contributed by atoms with Gasteiger partial charge < -0.3 is 10.4 Å². The van der Waals surface area contributed by atoms with E-state index in [0.717, 1.165) is 12.1 Å². The van der Waals surface area contributed by atoms with Crippen LogP contribution in [0.1, 0.15) is 25.8 Å². The third kappa shape index (κ3) is 4.41. The van der Waals surface area contributed by atoms with Gasteiger partial charge in [0.15, 0.2) is 11.6 Å². The van der Waals surface area contributed by atoms with Crippen LogP contribution in [0.15, 0.2) is 18.2 Å². The minimum atomic E-state index is -0.971. The maximum absolute atomic E-state index is 12.9. The molecule has 0 saturated carbocycles. The molecular weight excluding hydrogens is 240 g/mol. The predicted molar refractivity (Wildman–Crippen MR) is 64.0 cm³/mol. The zero-order chi connectivity index (χ0) is 13.8. The second-order valence-electron chi connectivity index (χ2n) is 4.55. The Morgan fingerprint density at radius 1 is 1.39 bits per heavy atom. The van der Waals surface area contributed by atoms with E-state index < -0.39 is 17.2 Å². The van der Waals surface area contributed by atoms with E-state index in [1.807, 2.05) is 6.92 Å². The van der Waals surface area contributed by atoms with Crippen molar-refractivity contribution in [3.8, 4) is 0 Å². The van der Waals surface area contributed by atoms with Crippen molar-refractivity contribution < 1.29 is 18.7 Å². The highest BCUT2D eigenvalue weighted by atomic mass is 19.2. The molecule has 1 rings (SSSR count). The number of amides is 1. The van der Waals surface area contributed by atoms with Gasteiger partial charge in [0.1, 0.15) is 0 Å². The fraction of sp³-hybridized carbons (Fsp3) is 0.462. The quantitative estimate of drug-likeness (QED) is 0.844. The molecule has 0 aliphatic carbocycles. The number of rotatable bonds is 5. The number of aliphatic hydroxyl groups is 1. The Kier molecular flexibility index (Phi) is 4.78. The van der Waals surface area contributed by atoms with E-state index in [1.165, 1.54) is 6.07 Å². The van der Waals surface area contributed by atoms with Crippen molar-refractivity contribution in [3.05, 3.63) is 35.4 Å². The molecule has 1 amide bonds. The van der Waals surface area contributed by atoms with Gasteiger partial charge in [-0.15, -0.1) is 0 Å². The molecular formula is C13H17F2NO2. The molecule has 0 fully saturated rings. The molecule has 0 saturated heterocycles. The Balaban J connectivity index is 2.52. The average Bonchev–Trinajstić information content (AvgIpc) is 2.32. The molecule has 0 radical (unpaired) electrons. The fourth-order valence-electron chi connectivity index (χ4n) is 1.31. The second-order valence-corrected chi connectivity index (χ2v) is 4.55. The van der Waals surface area contributed by atoms with Crippen molar-refractivity contribution in [2.24, 2.45) is 0 Å². The smallest absolute Gasteiger partial charge is 0.224 e. The van der Waals surface area contributed by atoms with Gasteiger partial charge in [-0.3, -0.25) is 4.79 Å². The number of hydrogen-bond donors (Lipinski definition) is 2. The van der Waals surface area contributed by atoms with Gasteiger partial charge in [0.2, 0.25) is 5.91 Å². The molecule has 5 heteroatoms. The molecule has 0 aliphatic heterocycles. The Hall–Kier alpha value is -1.49. The van der Waals surface area contributed by atoms with E-state index >= 15 is 0 Å². The molecule has 1 aromatic carbocycles. The van der Waals surface area contributed by atoms with Crippen LogP contribution in [0.25, 0.3) is 0 Å². The van der Waals surface area contributed by atoms with Crippen LogP contribution in [-0.4, -0.2) is 23.2 Å². The summed E-state index contributed by atoms with van der Waals surface area (Å²) in [4.78, 5) is 11.5. The van der Waals surface area contributed by atoms with Crippen LogP contribution in [0.3, 0.4) is 0 Å². The molecule has 1 unspecified atom stereocenters. The zero-order valence-corrected chi connectivity index (χ0v) is 10.5. The molecule has 18 heavy (non-hydrogen) atoms. The lowest BCUT2D eigenvalue weighted by molar-refractivity contribution is -0.121. The first kappa shape index (κ1) is 14.6. The topological polar surface area (TPSA) is 49.3 Å². The van der Waals surface area contributed by atoms with Crippen LogP contribution < -0.4 is 5.32 Å². The summed E-state index contributed by atoms with van der Waals surface area (Å²) in [6.07, 6.45) is 0.468. The second kappa shape index (κ2) is 5.91. The lowest BCUT2D eigenvalue weighted by Crippen LogP contribution is -2.40. The molecule has 0 heterocycles. The summed E-state index contributed by atoms with van der Waals surface area (Å²) in [7, 11) is 0. The van der Waals surface area contributed by atoms with E-state index in [2.05, 4.69) is 5.32 Å².